The number of hydrogen-bond donors (Lipinski definition) is 3. The first-order valence-electron chi connectivity index (χ1n) is 11.2. The lowest BCUT2D eigenvalue weighted by atomic mass is 9.79. The van der Waals surface area contributed by atoms with Crippen molar-refractivity contribution in [3.8, 4) is 0 Å². The second-order valence-corrected chi connectivity index (χ2v) is 9.43. The van der Waals surface area contributed by atoms with Crippen LogP contribution in [0.25, 0.3) is 0 Å². The van der Waals surface area contributed by atoms with Gasteiger partial charge in [-0.05, 0) is 68.1 Å². The number of amides is 2. The summed E-state index contributed by atoms with van der Waals surface area (Å²) in [7, 11) is 0. The minimum atomic E-state index is -1.19. The SMILES string of the molecule is CCOC(=O)c1ccc(NC(=O)C2CC(CC(C)C)NC23C(=O)Nc2ccc(Cl)cc23)cc1. The van der Waals surface area contributed by atoms with E-state index in [0.29, 0.717) is 46.5 Å². The van der Waals surface area contributed by atoms with E-state index in [1.54, 1.807) is 49.4 Å². The van der Waals surface area contributed by atoms with E-state index in [0.717, 1.165) is 6.42 Å². The number of anilines is 2. The third-order valence-corrected chi connectivity index (χ3v) is 6.46. The number of hydrogen-bond acceptors (Lipinski definition) is 5. The Bertz CT molecular complexity index is 1090. The number of ether oxygens (including phenoxy) is 1. The summed E-state index contributed by atoms with van der Waals surface area (Å²) in [5.41, 5.74) is 1.13. The van der Waals surface area contributed by atoms with E-state index in [9.17, 15) is 14.4 Å². The zero-order valence-corrected chi connectivity index (χ0v) is 19.7. The number of rotatable bonds is 6. The number of benzene rings is 2. The van der Waals surface area contributed by atoms with Gasteiger partial charge in [-0.3, -0.25) is 14.9 Å². The van der Waals surface area contributed by atoms with Gasteiger partial charge in [0, 0.05) is 28.0 Å². The lowest BCUT2D eigenvalue weighted by Gasteiger charge is -2.29. The van der Waals surface area contributed by atoms with Crippen LogP contribution in [0, 0.1) is 11.8 Å². The Hall–Kier alpha value is -2.90. The molecule has 8 heteroatoms. The van der Waals surface area contributed by atoms with Crippen molar-refractivity contribution in [1.82, 2.24) is 5.32 Å². The van der Waals surface area contributed by atoms with Crippen molar-refractivity contribution in [3.63, 3.8) is 0 Å². The van der Waals surface area contributed by atoms with Crippen LogP contribution in [0.1, 0.15) is 49.5 Å². The minimum absolute atomic E-state index is 0.00243. The molecule has 0 saturated carbocycles. The average molecular weight is 470 g/mol. The second-order valence-electron chi connectivity index (χ2n) is 9.00. The molecule has 1 spiro atoms. The molecule has 3 atom stereocenters. The maximum atomic E-state index is 13.5. The molecule has 4 rings (SSSR count). The molecule has 33 heavy (non-hydrogen) atoms. The van der Waals surface area contributed by atoms with Crippen LogP contribution in [-0.4, -0.2) is 30.4 Å². The summed E-state index contributed by atoms with van der Waals surface area (Å²) in [5.74, 6) is -1.16. The van der Waals surface area contributed by atoms with Crippen LogP contribution >= 0.6 is 11.6 Å². The average Bonchev–Trinajstić information content (AvgIpc) is 3.27. The van der Waals surface area contributed by atoms with Crippen LogP contribution in [0.5, 0.6) is 0 Å². The van der Waals surface area contributed by atoms with Crippen molar-refractivity contribution < 1.29 is 19.1 Å². The molecule has 3 N–H and O–H groups in total. The minimum Gasteiger partial charge on any atom is -0.462 e. The number of nitrogens with one attached hydrogen (secondary N) is 3. The summed E-state index contributed by atoms with van der Waals surface area (Å²) in [4.78, 5) is 38.7. The van der Waals surface area contributed by atoms with Gasteiger partial charge in [0.05, 0.1) is 18.1 Å². The fourth-order valence-corrected chi connectivity index (χ4v) is 5.06. The van der Waals surface area contributed by atoms with E-state index < -0.39 is 17.4 Å². The highest BCUT2D eigenvalue weighted by Gasteiger charge is 2.60. The Kier molecular flexibility index (Phi) is 6.45. The summed E-state index contributed by atoms with van der Waals surface area (Å²) < 4.78 is 5.00. The highest BCUT2D eigenvalue weighted by atomic mass is 35.5. The molecule has 2 aliphatic heterocycles. The molecule has 2 aromatic rings. The highest BCUT2D eigenvalue weighted by molar-refractivity contribution is 6.31. The molecule has 0 aromatic heterocycles. The number of carbonyl (C=O) groups is 3. The van der Waals surface area contributed by atoms with Crippen LogP contribution in [0.15, 0.2) is 42.5 Å². The molecule has 0 aliphatic carbocycles. The van der Waals surface area contributed by atoms with Crippen LogP contribution in [0.3, 0.4) is 0 Å². The van der Waals surface area contributed by atoms with Gasteiger partial charge < -0.3 is 15.4 Å². The molecule has 2 heterocycles. The standard InChI is InChI=1S/C25H28ClN3O4/c1-4-33-23(31)15-5-8-17(9-6-15)27-22(30)20-13-18(11-14(2)3)29-25(20)19-12-16(26)7-10-21(19)28-24(25)32/h5-10,12,14,18,20,29H,4,11,13H2,1-3H3,(H,27,30)(H,28,32). The Morgan fingerprint density at radius 3 is 2.61 bits per heavy atom. The topological polar surface area (TPSA) is 96.5 Å². The van der Waals surface area contributed by atoms with Crippen molar-refractivity contribution in [2.75, 3.05) is 17.2 Å². The van der Waals surface area contributed by atoms with Gasteiger partial charge in [0.2, 0.25) is 11.8 Å². The van der Waals surface area contributed by atoms with Crippen molar-refractivity contribution in [3.05, 3.63) is 58.6 Å². The molecule has 0 bridgehead atoms. The first-order chi connectivity index (χ1) is 15.7. The van der Waals surface area contributed by atoms with Gasteiger partial charge in [0.25, 0.3) is 0 Å². The van der Waals surface area contributed by atoms with Crippen LogP contribution in [0.4, 0.5) is 11.4 Å². The monoisotopic (exact) mass is 469 g/mol. The maximum absolute atomic E-state index is 13.5. The van der Waals surface area contributed by atoms with E-state index in [2.05, 4.69) is 29.8 Å². The van der Waals surface area contributed by atoms with Crippen molar-refractivity contribution >= 4 is 40.8 Å². The summed E-state index contributed by atoms with van der Waals surface area (Å²) in [6.45, 7) is 6.27. The van der Waals surface area contributed by atoms with E-state index >= 15 is 0 Å². The van der Waals surface area contributed by atoms with Gasteiger partial charge in [0.15, 0.2) is 0 Å². The molecule has 1 fully saturated rings. The molecule has 2 aromatic carbocycles. The quantitative estimate of drug-likeness (QED) is 0.547. The Labute approximate surface area is 198 Å². The van der Waals surface area contributed by atoms with Gasteiger partial charge >= 0.3 is 5.97 Å². The molecular formula is C25H28ClN3O4. The normalized spacial score (nSPS) is 23.5. The molecule has 2 aliphatic rings. The van der Waals surface area contributed by atoms with Crippen LogP contribution in [-0.2, 0) is 19.9 Å². The third-order valence-electron chi connectivity index (χ3n) is 6.22. The highest BCUT2D eigenvalue weighted by Crippen LogP contribution is 2.48. The first-order valence-corrected chi connectivity index (χ1v) is 11.6. The predicted molar refractivity (Wildman–Crippen MR) is 127 cm³/mol. The van der Waals surface area contributed by atoms with Gasteiger partial charge in [-0.15, -0.1) is 0 Å². The second kappa shape index (κ2) is 9.15. The zero-order chi connectivity index (χ0) is 23.8. The number of carbonyl (C=O) groups excluding carboxylic acids is 3. The van der Waals surface area contributed by atoms with Crippen molar-refractivity contribution in [2.45, 2.75) is 45.2 Å². The number of fused-ring (bicyclic) bond motifs is 2. The van der Waals surface area contributed by atoms with Gasteiger partial charge in [-0.25, -0.2) is 4.79 Å². The van der Waals surface area contributed by atoms with Crippen LogP contribution < -0.4 is 16.0 Å². The maximum Gasteiger partial charge on any atom is 0.338 e. The Morgan fingerprint density at radius 1 is 1.21 bits per heavy atom. The van der Waals surface area contributed by atoms with E-state index in [1.165, 1.54) is 0 Å². The zero-order valence-electron chi connectivity index (χ0n) is 18.9. The van der Waals surface area contributed by atoms with Gasteiger partial charge in [0.1, 0.15) is 5.54 Å². The Morgan fingerprint density at radius 2 is 1.94 bits per heavy atom. The molecule has 2 amide bonds. The fraction of sp³-hybridized carbons (Fsp3) is 0.400. The molecule has 174 valence electrons. The van der Waals surface area contributed by atoms with Crippen LogP contribution in [0.2, 0.25) is 5.02 Å². The smallest absolute Gasteiger partial charge is 0.338 e. The lowest BCUT2D eigenvalue weighted by molar-refractivity contribution is -0.130. The molecular weight excluding hydrogens is 442 g/mol. The summed E-state index contributed by atoms with van der Waals surface area (Å²) in [6.07, 6.45) is 1.35. The molecule has 0 radical (unpaired) electrons. The Balaban J connectivity index is 1.63. The van der Waals surface area contributed by atoms with Gasteiger partial charge in [-0.1, -0.05) is 25.4 Å². The lowest BCUT2D eigenvalue weighted by Crippen LogP contribution is -2.52. The molecule has 1 saturated heterocycles. The number of halogens is 1. The van der Waals surface area contributed by atoms with Crippen molar-refractivity contribution in [2.24, 2.45) is 11.8 Å². The predicted octanol–water partition coefficient (Wildman–Crippen LogP) is 4.33. The summed E-state index contributed by atoms with van der Waals surface area (Å²) in [5, 5.41) is 9.85. The van der Waals surface area contributed by atoms with E-state index in [4.69, 9.17) is 16.3 Å². The van der Waals surface area contributed by atoms with E-state index in [-0.39, 0.29) is 17.9 Å². The van der Waals surface area contributed by atoms with E-state index in [1.807, 2.05) is 0 Å². The molecule has 7 nitrogen and oxygen atoms in total. The molecule has 3 unspecified atom stereocenters. The fourth-order valence-electron chi connectivity index (χ4n) is 4.89. The third kappa shape index (κ3) is 4.35. The largest absolute Gasteiger partial charge is 0.462 e. The van der Waals surface area contributed by atoms with Crippen molar-refractivity contribution in [1.29, 1.82) is 0 Å². The van der Waals surface area contributed by atoms with Gasteiger partial charge in [-0.2, -0.15) is 0 Å². The first kappa shape index (κ1) is 23.3. The summed E-state index contributed by atoms with van der Waals surface area (Å²) >= 11 is 6.27. The summed E-state index contributed by atoms with van der Waals surface area (Å²) in [6, 6.07) is 11.8. The number of esters is 1.